The van der Waals surface area contributed by atoms with E-state index in [-0.39, 0.29) is 24.3 Å². The fourth-order valence-corrected chi connectivity index (χ4v) is 6.62. The maximum Gasteiger partial charge on any atom is 0.222 e. The monoisotopic (exact) mass is 503 g/mol. The Kier molecular flexibility index (Phi) is 5.71. The van der Waals surface area contributed by atoms with E-state index in [2.05, 4.69) is 48.3 Å². The summed E-state index contributed by atoms with van der Waals surface area (Å²) in [7, 11) is -4.02. The Hall–Kier alpha value is -2.13. The number of nitrogens with two attached hydrogens (primary N) is 1. The summed E-state index contributed by atoms with van der Waals surface area (Å²) >= 11 is 6.39. The quantitative estimate of drug-likeness (QED) is 0.600. The second-order valence-corrected chi connectivity index (χ2v) is 12.6. The third-order valence-electron chi connectivity index (χ3n) is 7.39. The number of carbonyl (C=O) groups is 1. The number of sulfonamides is 1. The van der Waals surface area contributed by atoms with Crippen molar-refractivity contribution in [1.29, 1.82) is 0 Å². The molecule has 3 aliphatic rings. The van der Waals surface area contributed by atoms with Gasteiger partial charge >= 0.3 is 0 Å². The highest BCUT2D eigenvalue weighted by Crippen LogP contribution is 2.50. The van der Waals surface area contributed by atoms with Gasteiger partial charge in [0.1, 0.15) is 4.75 Å². The summed E-state index contributed by atoms with van der Waals surface area (Å²) in [5, 5.41) is 9.48. The highest BCUT2D eigenvalue weighted by molar-refractivity contribution is 7.91. The van der Waals surface area contributed by atoms with E-state index in [9.17, 15) is 13.2 Å². The van der Waals surface area contributed by atoms with Gasteiger partial charge in [-0.2, -0.15) is 0 Å². The summed E-state index contributed by atoms with van der Waals surface area (Å²) in [6.07, 6.45) is 1.16. The number of benzene rings is 2. The first kappa shape index (κ1) is 23.6. The number of rotatable bonds is 5. The SMILES string of the molecule is CC1(C)Cc2cc(Cl)cc(C(=O)C3(S(N)(=O)=O)CC3)c2NC1c1cccc(N2CCOCC2)c1. The van der Waals surface area contributed by atoms with Crippen LogP contribution in [0.3, 0.4) is 0 Å². The number of primary sulfonamides is 1. The van der Waals surface area contributed by atoms with Gasteiger partial charge in [0, 0.05) is 35.1 Å². The summed E-state index contributed by atoms with van der Waals surface area (Å²) in [6.45, 7) is 7.49. The van der Waals surface area contributed by atoms with E-state index >= 15 is 0 Å². The van der Waals surface area contributed by atoms with E-state index in [1.807, 2.05) is 6.07 Å². The van der Waals surface area contributed by atoms with Gasteiger partial charge < -0.3 is 15.0 Å². The van der Waals surface area contributed by atoms with Crippen molar-refractivity contribution in [2.24, 2.45) is 10.6 Å². The van der Waals surface area contributed by atoms with Gasteiger partial charge in [-0.25, -0.2) is 13.6 Å². The topological polar surface area (TPSA) is 102 Å². The number of halogens is 1. The molecule has 2 heterocycles. The van der Waals surface area contributed by atoms with Crippen LogP contribution in [0, 0.1) is 5.41 Å². The Morgan fingerprint density at radius 2 is 1.88 bits per heavy atom. The van der Waals surface area contributed by atoms with E-state index in [0.717, 1.165) is 29.9 Å². The summed E-state index contributed by atoms with van der Waals surface area (Å²) in [6, 6.07) is 11.8. The van der Waals surface area contributed by atoms with Gasteiger partial charge in [0.05, 0.1) is 19.3 Å². The fourth-order valence-electron chi connectivity index (χ4n) is 5.34. The summed E-state index contributed by atoms with van der Waals surface area (Å²) in [4.78, 5) is 15.8. The van der Waals surface area contributed by atoms with Crippen LogP contribution in [0.5, 0.6) is 0 Å². The highest BCUT2D eigenvalue weighted by Gasteiger charge is 2.60. The second kappa shape index (κ2) is 8.22. The number of hydrogen-bond donors (Lipinski definition) is 2. The molecule has 9 heteroatoms. The smallest absolute Gasteiger partial charge is 0.222 e. The van der Waals surface area contributed by atoms with Crippen LogP contribution in [0.15, 0.2) is 36.4 Å². The molecule has 0 amide bonds. The molecule has 0 aromatic heterocycles. The third-order valence-corrected chi connectivity index (χ3v) is 9.29. The Balaban J connectivity index is 1.54. The molecular formula is C25H30ClN3O4S. The predicted molar refractivity (Wildman–Crippen MR) is 134 cm³/mol. The minimum absolute atomic E-state index is 0.0849. The van der Waals surface area contributed by atoms with E-state index in [1.165, 1.54) is 0 Å². The highest BCUT2D eigenvalue weighted by atomic mass is 35.5. The van der Waals surface area contributed by atoms with Crippen LogP contribution in [0.1, 0.15) is 54.2 Å². The molecular weight excluding hydrogens is 474 g/mol. The predicted octanol–water partition coefficient (Wildman–Crippen LogP) is 3.92. The molecule has 182 valence electrons. The zero-order valence-corrected chi connectivity index (χ0v) is 21.0. The minimum Gasteiger partial charge on any atom is -0.378 e. The van der Waals surface area contributed by atoms with Crippen molar-refractivity contribution < 1.29 is 17.9 Å². The number of nitrogens with zero attached hydrogens (tertiary/aromatic N) is 1. The first-order valence-electron chi connectivity index (χ1n) is 11.6. The van der Waals surface area contributed by atoms with Gasteiger partial charge in [-0.3, -0.25) is 4.79 Å². The molecule has 2 aromatic rings. The average Bonchev–Trinajstić information content (AvgIpc) is 3.60. The lowest BCUT2D eigenvalue weighted by atomic mass is 9.72. The van der Waals surface area contributed by atoms with Crippen molar-refractivity contribution in [3.05, 3.63) is 58.1 Å². The van der Waals surface area contributed by atoms with Crippen molar-refractivity contribution in [2.45, 2.75) is 43.9 Å². The van der Waals surface area contributed by atoms with Gasteiger partial charge in [-0.15, -0.1) is 0 Å². The maximum absolute atomic E-state index is 13.5. The normalized spacial score (nSPS) is 23.1. The Morgan fingerprint density at radius 1 is 1.18 bits per heavy atom. The van der Waals surface area contributed by atoms with E-state index in [4.69, 9.17) is 21.5 Å². The molecule has 1 atom stereocenters. The average molecular weight is 504 g/mol. The molecule has 3 N–H and O–H groups in total. The lowest BCUT2D eigenvalue weighted by Crippen LogP contribution is -2.40. The molecule has 0 radical (unpaired) electrons. The zero-order chi connectivity index (χ0) is 24.3. The molecule has 1 unspecified atom stereocenters. The number of nitrogens with one attached hydrogen (secondary N) is 1. The van der Waals surface area contributed by atoms with Gasteiger partial charge in [-0.1, -0.05) is 37.6 Å². The summed E-state index contributed by atoms with van der Waals surface area (Å²) < 4.78 is 28.5. The van der Waals surface area contributed by atoms with Crippen LogP contribution in [0.25, 0.3) is 0 Å². The first-order valence-corrected chi connectivity index (χ1v) is 13.5. The molecule has 1 aliphatic carbocycles. The Bertz CT molecular complexity index is 1250. The van der Waals surface area contributed by atoms with Gasteiger partial charge in [0.15, 0.2) is 5.78 Å². The molecule has 1 saturated heterocycles. The molecule has 5 rings (SSSR count). The van der Waals surface area contributed by atoms with Crippen molar-refractivity contribution in [1.82, 2.24) is 0 Å². The van der Waals surface area contributed by atoms with E-state index in [1.54, 1.807) is 6.07 Å². The fraction of sp³-hybridized carbons (Fsp3) is 0.480. The maximum atomic E-state index is 13.5. The second-order valence-electron chi connectivity index (χ2n) is 10.3. The number of fused-ring (bicyclic) bond motifs is 1. The van der Waals surface area contributed by atoms with Gasteiger partial charge in [0.2, 0.25) is 10.0 Å². The molecule has 1 saturated carbocycles. The minimum atomic E-state index is -4.02. The van der Waals surface area contributed by atoms with E-state index in [0.29, 0.717) is 35.9 Å². The van der Waals surface area contributed by atoms with Crippen LogP contribution in [0.4, 0.5) is 11.4 Å². The lowest BCUT2D eigenvalue weighted by molar-refractivity contribution is 0.0978. The Morgan fingerprint density at radius 3 is 2.53 bits per heavy atom. The van der Waals surface area contributed by atoms with Crippen molar-refractivity contribution in [3.8, 4) is 0 Å². The van der Waals surface area contributed by atoms with Crippen LogP contribution >= 0.6 is 11.6 Å². The number of hydrogen-bond acceptors (Lipinski definition) is 6. The van der Waals surface area contributed by atoms with Gasteiger partial charge in [-0.05, 0) is 60.1 Å². The molecule has 34 heavy (non-hydrogen) atoms. The number of ether oxygens (including phenoxy) is 1. The van der Waals surface area contributed by atoms with Crippen LogP contribution in [-0.2, 0) is 21.2 Å². The van der Waals surface area contributed by atoms with E-state index < -0.39 is 20.6 Å². The lowest BCUT2D eigenvalue weighted by Gasteiger charge is -2.42. The van der Waals surface area contributed by atoms with Gasteiger partial charge in [0.25, 0.3) is 0 Å². The number of morpholine rings is 1. The molecule has 2 aliphatic heterocycles. The molecule has 7 nitrogen and oxygen atoms in total. The van der Waals surface area contributed by atoms with Crippen molar-refractivity contribution in [2.75, 3.05) is 36.5 Å². The standard InChI is InChI=1S/C25H30ClN3O4S/c1-24(2)15-17-12-18(26)14-20(23(30)25(6-7-25)34(27,31)32)21(17)28-22(24)16-4-3-5-19(13-16)29-8-10-33-11-9-29/h3-5,12-14,22,28H,6-11,15H2,1-2H3,(H2,27,31,32). The number of ketones is 1. The Labute approximate surface area is 205 Å². The largest absolute Gasteiger partial charge is 0.378 e. The van der Waals surface area contributed by atoms with Crippen molar-refractivity contribution in [3.63, 3.8) is 0 Å². The summed E-state index contributed by atoms with van der Waals surface area (Å²) in [5.74, 6) is -0.471. The van der Waals surface area contributed by atoms with Crippen LogP contribution < -0.4 is 15.4 Å². The zero-order valence-electron chi connectivity index (χ0n) is 19.4. The van der Waals surface area contributed by atoms with Crippen LogP contribution in [0.2, 0.25) is 5.02 Å². The number of carbonyl (C=O) groups excluding carboxylic acids is 1. The first-order chi connectivity index (χ1) is 16.0. The number of anilines is 2. The molecule has 2 fully saturated rings. The third kappa shape index (κ3) is 4.00. The number of Topliss-reactive ketones (excluding diaryl/α,β-unsaturated/α-hetero) is 1. The summed E-state index contributed by atoms with van der Waals surface area (Å²) in [5.41, 5.74) is 3.94. The van der Waals surface area contributed by atoms with Crippen molar-refractivity contribution >= 4 is 38.8 Å². The molecule has 2 aromatic carbocycles. The van der Waals surface area contributed by atoms with Crippen LogP contribution in [-0.4, -0.2) is 45.3 Å². The molecule has 0 bridgehead atoms. The molecule has 0 spiro atoms.